The zero-order chi connectivity index (χ0) is 19.8. The summed E-state index contributed by atoms with van der Waals surface area (Å²) < 4.78 is 0. The molecule has 8 heteroatoms. The van der Waals surface area contributed by atoms with Crippen molar-refractivity contribution in [3.63, 3.8) is 0 Å². The maximum Gasteiger partial charge on any atom is 0.269 e. The molecule has 2 N–H and O–H groups in total. The van der Waals surface area contributed by atoms with Crippen molar-refractivity contribution in [2.24, 2.45) is 5.10 Å². The molecular formula is C19H20N4O4. The van der Waals surface area contributed by atoms with Gasteiger partial charge in [0.05, 0.1) is 11.1 Å². The van der Waals surface area contributed by atoms with Crippen molar-refractivity contribution < 1.29 is 14.5 Å². The molecule has 140 valence electrons. The second-order valence-electron chi connectivity index (χ2n) is 5.99. The van der Waals surface area contributed by atoms with Gasteiger partial charge in [0.15, 0.2) is 0 Å². The number of nitro benzene ring substituents is 1. The van der Waals surface area contributed by atoms with Crippen LogP contribution in [0.15, 0.2) is 47.6 Å². The maximum atomic E-state index is 11.9. The van der Waals surface area contributed by atoms with E-state index in [1.165, 1.54) is 30.5 Å². The highest BCUT2D eigenvalue weighted by Crippen LogP contribution is 2.14. The molecular weight excluding hydrogens is 348 g/mol. The van der Waals surface area contributed by atoms with Crippen LogP contribution in [-0.2, 0) is 9.59 Å². The fourth-order valence-corrected chi connectivity index (χ4v) is 2.19. The van der Waals surface area contributed by atoms with Gasteiger partial charge < -0.3 is 5.32 Å². The first-order valence-electron chi connectivity index (χ1n) is 8.28. The summed E-state index contributed by atoms with van der Waals surface area (Å²) >= 11 is 0. The Kier molecular flexibility index (Phi) is 6.76. The summed E-state index contributed by atoms with van der Waals surface area (Å²) in [5.74, 6) is -0.656. The van der Waals surface area contributed by atoms with Crippen LogP contribution >= 0.6 is 0 Å². The van der Waals surface area contributed by atoms with E-state index in [9.17, 15) is 19.7 Å². The van der Waals surface area contributed by atoms with Gasteiger partial charge in [0.25, 0.3) is 5.69 Å². The third-order valence-corrected chi connectivity index (χ3v) is 3.88. The molecule has 2 rings (SSSR count). The van der Waals surface area contributed by atoms with Gasteiger partial charge in [-0.05, 0) is 54.8 Å². The van der Waals surface area contributed by atoms with Crippen LogP contribution < -0.4 is 10.7 Å². The summed E-state index contributed by atoms with van der Waals surface area (Å²) in [6, 6.07) is 11.3. The number of nitro groups is 1. The zero-order valence-electron chi connectivity index (χ0n) is 15.1. The highest BCUT2D eigenvalue weighted by Gasteiger charge is 2.07. The summed E-state index contributed by atoms with van der Waals surface area (Å²) in [6.45, 7) is 3.95. The minimum atomic E-state index is -0.494. The standard InChI is InChI=1S/C19H20N4O4/c1-13-3-6-16(11-14(13)2)21-18(24)9-10-19(25)22-20-12-15-4-7-17(8-5-15)23(26)27/h3-8,11-12H,9-10H2,1-2H3,(H,21,24)(H,22,25)/b20-12+. The summed E-state index contributed by atoms with van der Waals surface area (Å²) in [4.78, 5) is 33.7. The van der Waals surface area contributed by atoms with Crippen molar-refractivity contribution in [2.75, 3.05) is 5.32 Å². The largest absolute Gasteiger partial charge is 0.326 e. The molecule has 8 nitrogen and oxygen atoms in total. The van der Waals surface area contributed by atoms with Crippen molar-refractivity contribution >= 4 is 29.4 Å². The predicted octanol–water partition coefficient (Wildman–Crippen LogP) is 3.08. The lowest BCUT2D eigenvalue weighted by Crippen LogP contribution is -2.20. The van der Waals surface area contributed by atoms with E-state index in [4.69, 9.17) is 0 Å². The number of hydrogen-bond acceptors (Lipinski definition) is 5. The van der Waals surface area contributed by atoms with Gasteiger partial charge in [-0.2, -0.15) is 5.10 Å². The molecule has 2 aromatic rings. The van der Waals surface area contributed by atoms with Crippen LogP contribution in [0.4, 0.5) is 11.4 Å². The molecule has 0 aliphatic carbocycles. The molecule has 0 atom stereocenters. The topological polar surface area (TPSA) is 114 Å². The second kappa shape index (κ2) is 9.23. The smallest absolute Gasteiger partial charge is 0.269 e. The molecule has 0 heterocycles. The molecule has 0 saturated heterocycles. The Morgan fingerprint density at radius 2 is 1.70 bits per heavy atom. The molecule has 0 aliphatic rings. The van der Waals surface area contributed by atoms with Crippen LogP contribution in [-0.4, -0.2) is 23.0 Å². The normalized spacial score (nSPS) is 10.6. The molecule has 0 unspecified atom stereocenters. The summed E-state index contributed by atoms with van der Waals surface area (Å²) in [6.07, 6.45) is 1.40. The number of non-ortho nitro benzene ring substituents is 1. The third-order valence-electron chi connectivity index (χ3n) is 3.88. The van der Waals surface area contributed by atoms with Gasteiger partial charge in [-0.25, -0.2) is 5.43 Å². The van der Waals surface area contributed by atoms with Gasteiger partial charge in [0.1, 0.15) is 0 Å². The first kappa shape index (κ1) is 19.8. The average molecular weight is 368 g/mol. The van der Waals surface area contributed by atoms with Gasteiger partial charge in [0.2, 0.25) is 11.8 Å². The molecule has 0 fully saturated rings. The molecule has 0 spiro atoms. The van der Waals surface area contributed by atoms with E-state index < -0.39 is 10.8 Å². The Balaban J connectivity index is 1.75. The lowest BCUT2D eigenvalue weighted by Gasteiger charge is -2.07. The molecule has 27 heavy (non-hydrogen) atoms. The Hall–Kier alpha value is -3.55. The Morgan fingerprint density at radius 3 is 2.33 bits per heavy atom. The monoisotopic (exact) mass is 368 g/mol. The van der Waals surface area contributed by atoms with E-state index in [2.05, 4.69) is 15.8 Å². The number of benzene rings is 2. The minimum Gasteiger partial charge on any atom is -0.326 e. The molecule has 0 aliphatic heterocycles. The SMILES string of the molecule is Cc1ccc(NC(=O)CCC(=O)N/N=C/c2ccc([N+](=O)[O-])cc2)cc1C. The number of amides is 2. The van der Waals surface area contributed by atoms with Crippen LogP contribution in [0.25, 0.3) is 0 Å². The lowest BCUT2D eigenvalue weighted by molar-refractivity contribution is -0.384. The van der Waals surface area contributed by atoms with Crippen molar-refractivity contribution in [1.29, 1.82) is 0 Å². The third kappa shape index (κ3) is 6.35. The quantitative estimate of drug-likeness (QED) is 0.444. The summed E-state index contributed by atoms with van der Waals surface area (Å²) in [5, 5.41) is 17.1. The number of anilines is 1. The van der Waals surface area contributed by atoms with Gasteiger partial charge >= 0.3 is 0 Å². The summed E-state index contributed by atoms with van der Waals surface area (Å²) in [7, 11) is 0. The zero-order valence-corrected chi connectivity index (χ0v) is 15.1. The molecule has 0 radical (unpaired) electrons. The van der Waals surface area contributed by atoms with Gasteiger partial charge in [-0.1, -0.05) is 6.07 Å². The van der Waals surface area contributed by atoms with E-state index >= 15 is 0 Å². The first-order valence-corrected chi connectivity index (χ1v) is 8.28. The van der Waals surface area contributed by atoms with Crippen molar-refractivity contribution in [1.82, 2.24) is 5.43 Å². The number of nitrogens with one attached hydrogen (secondary N) is 2. The van der Waals surface area contributed by atoms with Crippen molar-refractivity contribution in [2.45, 2.75) is 26.7 Å². The van der Waals surface area contributed by atoms with E-state index in [1.807, 2.05) is 32.0 Å². The molecule has 2 aromatic carbocycles. The Bertz CT molecular complexity index is 876. The van der Waals surface area contributed by atoms with Crippen molar-refractivity contribution in [3.8, 4) is 0 Å². The average Bonchev–Trinajstić information content (AvgIpc) is 2.63. The predicted molar refractivity (Wildman–Crippen MR) is 103 cm³/mol. The van der Waals surface area contributed by atoms with Crippen LogP contribution in [0.3, 0.4) is 0 Å². The second-order valence-corrected chi connectivity index (χ2v) is 5.99. The number of carbonyl (C=O) groups is 2. The maximum absolute atomic E-state index is 11.9. The Morgan fingerprint density at radius 1 is 1.04 bits per heavy atom. The van der Waals surface area contributed by atoms with Crippen molar-refractivity contribution in [3.05, 3.63) is 69.3 Å². The molecule has 2 amide bonds. The lowest BCUT2D eigenvalue weighted by atomic mass is 10.1. The van der Waals surface area contributed by atoms with E-state index in [1.54, 1.807) is 0 Å². The minimum absolute atomic E-state index is 0.00568. The van der Waals surface area contributed by atoms with E-state index in [0.717, 1.165) is 11.1 Å². The van der Waals surface area contributed by atoms with Gasteiger partial charge in [-0.15, -0.1) is 0 Å². The molecule has 0 saturated carbocycles. The van der Waals surface area contributed by atoms with Crippen LogP contribution in [0.1, 0.15) is 29.5 Å². The van der Waals surface area contributed by atoms with E-state index in [0.29, 0.717) is 11.3 Å². The number of hydrogen-bond donors (Lipinski definition) is 2. The van der Waals surface area contributed by atoms with E-state index in [-0.39, 0.29) is 24.4 Å². The number of carbonyl (C=O) groups excluding carboxylic acids is 2. The van der Waals surface area contributed by atoms with Gasteiger partial charge in [-0.3, -0.25) is 19.7 Å². The van der Waals surface area contributed by atoms with Crippen LogP contribution in [0.5, 0.6) is 0 Å². The number of rotatable bonds is 7. The van der Waals surface area contributed by atoms with Gasteiger partial charge in [0, 0.05) is 30.7 Å². The fraction of sp³-hybridized carbons (Fsp3) is 0.211. The molecule has 0 aromatic heterocycles. The fourth-order valence-electron chi connectivity index (χ4n) is 2.19. The highest BCUT2D eigenvalue weighted by atomic mass is 16.6. The highest BCUT2D eigenvalue weighted by molar-refractivity contribution is 5.93. The number of hydrazone groups is 1. The first-order chi connectivity index (χ1) is 12.8. The van der Waals surface area contributed by atoms with Crippen LogP contribution in [0.2, 0.25) is 0 Å². The molecule has 0 bridgehead atoms. The van der Waals surface area contributed by atoms with Crippen LogP contribution in [0, 0.1) is 24.0 Å². The summed E-state index contributed by atoms with van der Waals surface area (Å²) in [5.41, 5.74) is 5.81. The Labute approximate surface area is 156 Å². The number of nitrogens with zero attached hydrogens (tertiary/aromatic N) is 2. The number of aryl methyl sites for hydroxylation is 2.